The summed E-state index contributed by atoms with van der Waals surface area (Å²) in [6.07, 6.45) is 2.48. The lowest BCUT2D eigenvalue weighted by molar-refractivity contribution is 0.558. The number of halogens is 1. The zero-order valence-electron chi connectivity index (χ0n) is 8.01. The molecule has 1 N–H and O–H groups in total. The molecule has 0 aliphatic rings. The molecular weight excluding hydrogens is 181 g/mol. The first kappa shape index (κ1) is 9.21. The first-order valence-electron chi connectivity index (χ1n) is 4.62. The number of hydrogen-bond acceptors (Lipinski definition) is 2. The molecule has 0 aliphatic heterocycles. The van der Waals surface area contributed by atoms with Crippen LogP contribution in [0.3, 0.4) is 0 Å². The van der Waals surface area contributed by atoms with E-state index >= 15 is 0 Å². The van der Waals surface area contributed by atoms with E-state index < -0.39 is 0 Å². The minimum Gasteiger partial charge on any atom is -0.461 e. The van der Waals surface area contributed by atoms with Crippen LogP contribution in [0, 0.1) is 5.82 Å². The second kappa shape index (κ2) is 3.80. The average molecular weight is 193 g/mol. The number of furan rings is 1. The predicted octanol–water partition coefficient (Wildman–Crippen LogP) is 2.33. The first-order chi connectivity index (χ1) is 6.83. The van der Waals surface area contributed by atoms with Gasteiger partial charge in [0.05, 0.1) is 6.26 Å². The minimum atomic E-state index is -0.293. The average Bonchev–Trinajstić information content (AvgIpc) is 2.60. The molecule has 1 aromatic heterocycles. The fourth-order valence-corrected chi connectivity index (χ4v) is 1.53. The van der Waals surface area contributed by atoms with E-state index in [2.05, 4.69) is 5.32 Å². The largest absolute Gasteiger partial charge is 0.461 e. The van der Waals surface area contributed by atoms with Crippen molar-refractivity contribution in [1.29, 1.82) is 0 Å². The van der Waals surface area contributed by atoms with Crippen LogP contribution in [-0.4, -0.2) is 13.6 Å². The van der Waals surface area contributed by atoms with Gasteiger partial charge < -0.3 is 9.73 Å². The second-order valence-corrected chi connectivity index (χ2v) is 3.23. The highest BCUT2D eigenvalue weighted by Crippen LogP contribution is 2.23. The SMILES string of the molecule is CNCCc1coc2c(F)cccc12. The van der Waals surface area contributed by atoms with Crippen molar-refractivity contribution in [2.75, 3.05) is 13.6 Å². The number of nitrogens with one attached hydrogen (secondary N) is 1. The lowest BCUT2D eigenvalue weighted by atomic mass is 10.1. The molecule has 2 nitrogen and oxygen atoms in total. The number of fused-ring (bicyclic) bond motifs is 1. The standard InChI is InChI=1S/C11H12FNO/c1-13-6-5-8-7-14-11-9(8)3-2-4-10(11)12/h2-4,7,13H,5-6H2,1H3. The molecule has 0 fully saturated rings. The number of hydrogen-bond donors (Lipinski definition) is 1. The van der Waals surface area contributed by atoms with Crippen molar-refractivity contribution in [1.82, 2.24) is 5.32 Å². The van der Waals surface area contributed by atoms with Crippen molar-refractivity contribution in [2.45, 2.75) is 6.42 Å². The molecular formula is C11H12FNO. The van der Waals surface area contributed by atoms with Gasteiger partial charge in [-0.25, -0.2) is 4.39 Å². The van der Waals surface area contributed by atoms with Gasteiger partial charge >= 0.3 is 0 Å². The van der Waals surface area contributed by atoms with Crippen LogP contribution in [0.25, 0.3) is 11.0 Å². The molecule has 0 bridgehead atoms. The maximum Gasteiger partial charge on any atom is 0.169 e. The summed E-state index contributed by atoms with van der Waals surface area (Å²) < 4.78 is 18.4. The Bertz CT molecular complexity index is 436. The Morgan fingerprint density at radius 2 is 2.29 bits per heavy atom. The molecule has 0 spiro atoms. The summed E-state index contributed by atoms with van der Waals surface area (Å²) in [5.41, 5.74) is 1.41. The van der Waals surface area contributed by atoms with Gasteiger partial charge in [0.15, 0.2) is 11.4 Å². The molecule has 2 rings (SSSR count). The summed E-state index contributed by atoms with van der Waals surface area (Å²) in [6.45, 7) is 0.866. The summed E-state index contributed by atoms with van der Waals surface area (Å²) in [6, 6.07) is 5.00. The number of likely N-dealkylation sites (N-methyl/N-ethyl adjacent to an activating group) is 1. The lowest BCUT2D eigenvalue weighted by Crippen LogP contribution is -2.09. The summed E-state index contributed by atoms with van der Waals surface area (Å²) in [7, 11) is 1.89. The summed E-state index contributed by atoms with van der Waals surface area (Å²) >= 11 is 0. The first-order valence-corrected chi connectivity index (χ1v) is 4.62. The Kier molecular flexibility index (Phi) is 2.50. The van der Waals surface area contributed by atoms with Crippen LogP contribution < -0.4 is 5.32 Å². The molecule has 0 saturated heterocycles. The Balaban J connectivity index is 2.42. The summed E-state index contributed by atoms with van der Waals surface area (Å²) in [4.78, 5) is 0. The fourth-order valence-electron chi connectivity index (χ4n) is 1.53. The quantitative estimate of drug-likeness (QED) is 0.809. The zero-order chi connectivity index (χ0) is 9.97. The molecule has 74 valence electrons. The van der Waals surface area contributed by atoms with Crippen molar-refractivity contribution >= 4 is 11.0 Å². The maximum atomic E-state index is 13.2. The van der Waals surface area contributed by atoms with Crippen LogP contribution in [0.5, 0.6) is 0 Å². The van der Waals surface area contributed by atoms with Gasteiger partial charge in [-0.15, -0.1) is 0 Å². The van der Waals surface area contributed by atoms with E-state index in [4.69, 9.17) is 4.42 Å². The summed E-state index contributed by atoms with van der Waals surface area (Å²) in [5, 5.41) is 3.93. The smallest absolute Gasteiger partial charge is 0.169 e. The van der Waals surface area contributed by atoms with Crippen LogP contribution in [0.4, 0.5) is 4.39 Å². The van der Waals surface area contributed by atoms with E-state index in [-0.39, 0.29) is 5.82 Å². The molecule has 14 heavy (non-hydrogen) atoms. The van der Waals surface area contributed by atoms with Crippen molar-refractivity contribution in [3.8, 4) is 0 Å². The summed E-state index contributed by atoms with van der Waals surface area (Å²) in [5.74, 6) is -0.293. The third-order valence-corrected chi connectivity index (χ3v) is 2.28. The molecule has 0 radical (unpaired) electrons. The van der Waals surface area contributed by atoms with Gasteiger partial charge in [0.1, 0.15) is 0 Å². The fraction of sp³-hybridized carbons (Fsp3) is 0.273. The lowest BCUT2D eigenvalue weighted by Gasteiger charge is -1.96. The van der Waals surface area contributed by atoms with Gasteiger partial charge in [0.25, 0.3) is 0 Å². The van der Waals surface area contributed by atoms with Crippen LogP contribution in [-0.2, 0) is 6.42 Å². The number of para-hydroxylation sites is 1. The second-order valence-electron chi connectivity index (χ2n) is 3.23. The van der Waals surface area contributed by atoms with Crippen LogP contribution in [0.2, 0.25) is 0 Å². The maximum absolute atomic E-state index is 13.2. The Morgan fingerprint density at radius 1 is 1.43 bits per heavy atom. The van der Waals surface area contributed by atoms with Gasteiger partial charge in [-0.3, -0.25) is 0 Å². The number of benzene rings is 1. The molecule has 1 heterocycles. The molecule has 0 saturated carbocycles. The van der Waals surface area contributed by atoms with Crippen LogP contribution in [0.15, 0.2) is 28.9 Å². The van der Waals surface area contributed by atoms with Gasteiger partial charge in [-0.1, -0.05) is 12.1 Å². The van der Waals surface area contributed by atoms with E-state index in [1.54, 1.807) is 12.3 Å². The molecule has 3 heteroatoms. The third kappa shape index (κ3) is 1.51. The molecule has 1 aromatic carbocycles. The van der Waals surface area contributed by atoms with Crippen molar-refractivity contribution in [3.63, 3.8) is 0 Å². The monoisotopic (exact) mass is 193 g/mol. The Hall–Kier alpha value is -1.35. The van der Waals surface area contributed by atoms with Gasteiger partial charge in [0.2, 0.25) is 0 Å². The van der Waals surface area contributed by atoms with Crippen molar-refractivity contribution < 1.29 is 8.81 Å². The van der Waals surface area contributed by atoms with Crippen molar-refractivity contribution in [3.05, 3.63) is 35.8 Å². The van der Waals surface area contributed by atoms with Gasteiger partial charge in [-0.2, -0.15) is 0 Å². The van der Waals surface area contributed by atoms with Gasteiger partial charge in [-0.05, 0) is 31.6 Å². The normalized spacial score (nSPS) is 11.0. The molecule has 0 unspecified atom stereocenters. The van der Waals surface area contributed by atoms with Crippen molar-refractivity contribution in [2.24, 2.45) is 0 Å². The van der Waals surface area contributed by atoms with E-state index in [9.17, 15) is 4.39 Å². The van der Waals surface area contributed by atoms with Gasteiger partial charge in [0, 0.05) is 5.39 Å². The van der Waals surface area contributed by atoms with Crippen LogP contribution >= 0.6 is 0 Å². The zero-order valence-corrected chi connectivity index (χ0v) is 8.01. The molecule has 0 aliphatic carbocycles. The minimum absolute atomic E-state index is 0.293. The molecule has 2 aromatic rings. The topological polar surface area (TPSA) is 25.2 Å². The molecule has 0 atom stereocenters. The number of rotatable bonds is 3. The predicted molar refractivity (Wildman–Crippen MR) is 53.8 cm³/mol. The van der Waals surface area contributed by atoms with E-state index in [1.807, 2.05) is 13.1 Å². The van der Waals surface area contributed by atoms with Crippen LogP contribution in [0.1, 0.15) is 5.56 Å². The third-order valence-electron chi connectivity index (χ3n) is 2.28. The highest BCUT2D eigenvalue weighted by molar-refractivity contribution is 5.81. The molecule has 0 amide bonds. The van der Waals surface area contributed by atoms with E-state index in [0.29, 0.717) is 5.58 Å². The van der Waals surface area contributed by atoms with E-state index in [0.717, 1.165) is 23.9 Å². The Morgan fingerprint density at radius 3 is 3.07 bits per heavy atom. The highest BCUT2D eigenvalue weighted by Gasteiger charge is 2.08. The Labute approximate surface area is 81.7 Å². The highest BCUT2D eigenvalue weighted by atomic mass is 19.1. The van der Waals surface area contributed by atoms with E-state index in [1.165, 1.54) is 6.07 Å².